The molecule has 624 valence electrons. The van der Waals surface area contributed by atoms with Crippen molar-refractivity contribution in [2.24, 2.45) is 0 Å². The molecule has 1 atom stereocenters. The highest BCUT2D eigenvalue weighted by atomic mass is 15.0. The van der Waals surface area contributed by atoms with Crippen molar-refractivity contribution < 1.29 is 0 Å². The molecular formula is C131H85N3. The van der Waals surface area contributed by atoms with Gasteiger partial charge < -0.3 is 13.7 Å². The van der Waals surface area contributed by atoms with Gasteiger partial charge in [0.05, 0.1) is 43.9 Å². The molecule has 0 aliphatic heterocycles. The van der Waals surface area contributed by atoms with Gasteiger partial charge in [-0.2, -0.15) is 0 Å². The molecule has 0 saturated carbocycles. The lowest BCUT2D eigenvalue weighted by atomic mass is 9.67. The molecular weight excluding hydrogens is 1620 g/mol. The summed E-state index contributed by atoms with van der Waals surface area (Å²) in [5, 5.41) is 12.5. The molecule has 0 N–H and O–H groups in total. The summed E-state index contributed by atoms with van der Waals surface area (Å²) in [7, 11) is 0. The van der Waals surface area contributed by atoms with Crippen LogP contribution in [0.2, 0.25) is 0 Å². The first-order valence-electron chi connectivity index (χ1n) is 46.7. The second-order valence-corrected chi connectivity index (χ2v) is 36.3. The fourth-order valence-electron chi connectivity index (χ4n) is 23.7. The molecule has 25 aromatic rings. The Morgan fingerprint density at radius 1 is 0.179 bits per heavy atom. The highest BCUT2D eigenvalue weighted by molar-refractivity contribution is 6.19. The molecule has 3 heterocycles. The zero-order valence-corrected chi connectivity index (χ0v) is 73.4. The van der Waals surface area contributed by atoms with E-state index in [0.717, 1.165) is 11.4 Å². The van der Waals surface area contributed by atoms with Crippen molar-refractivity contribution in [3.8, 4) is 95.0 Å². The Kier molecular flexibility index (Phi) is 17.6. The van der Waals surface area contributed by atoms with Crippen LogP contribution in [0.1, 0.15) is 67.1 Å². The molecule has 0 radical (unpaired) electrons. The van der Waals surface area contributed by atoms with E-state index in [2.05, 4.69) is 523 Å². The number of aromatic nitrogens is 3. The Balaban J connectivity index is 0.000000136. The zero-order valence-electron chi connectivity index (χ0n) is 73.4. The highest BCUT2D eigenvalue weighted by Crippen LogP contribution is 2.62. The molecule has 22 aromatic carbocycles. The summed E-state index contributed by atoms with van der Waals surface area (Å²) in [6, 6.07) is 190. The zero-order chi connectivity index (χ0) is 88.1. The SMILES string of the molecule is c1ccc(-c2ccc(-n3c4ccc(-c5ccc6c(c5)-c5ccccc5C6c5ccc6ccccc6c5)cc4c4ccc5c(c43)-c3ccccc3C5(c3ccccc3)c3ccccc3)cc2)cc1.c1ccc(-c2ccc(-n3c4ccc(-c5ccc6c(c5)c5ccccc5n6-c5ccc6ccccc6c5)cc4c4ccc5c(c43)C(c3ccccc3)(c3ccccc3)c3ccccc3-5)cc2)cc1. The predicted octanol–water partition coefficient (Wildman–Crippen LogP) is 33.5. The molecule has 3 nitrogen and oxygen atoms in total. The molecule has 3 aliphatic rings. The maximum absolute atomic E-state index is 2.55. The molecule has 0 fully saturated rings. The topological polar surface area (TPSA) is 14.8 Å². The molecule has 3 aliphatic carbocycles. The quantitative estimate of drug-likeness (QED) is 0.116. The molecule has 3 aromatic heterocycles. The van der Waals surface area contributed by atoms with Crippen LogP contribution >= 0.6 is 0 Å². The molecule has 28 rings (SSSR count). The van der Waals surface area contributed by atoms with Crippen molar-refractivity contribution in [1.82, 2.24) is 13.7 Å². The van der Waals surface area contributed by atoms with E-state index in [1.54, 1.807) is 0 Å². The number of para-hydroxylation sites is 1. The average Bonchev–Trinajstić information content (AvgIpc) is 1.52. The molecule has 0 amide bonds. The number of hydrogen-bond donors (Lipinski definition) is 0. The van der Waals surface area contributed by atoms with Crippen molar-refractivity contribution in [2.45, 2.75) is 16.7 Å². The summed E-state index contributed by atoms with van der Waals surface area (Å²) in [5.41, 5.74) is 41.4. The van der Waals surface area contributed by atoms with Gasteiger partial charge in [-0.05, 0) is 234 Å². The summed E-state index contributed by atoms with van der Waals surface area (Å²) in [6.45, 7) is 0. The number of rotatable bonds is 12. The first-order chi connectivity index (χ1) is 66.5. The van der Waals surface area contributed by atoms with E-state index in [0.29, 0.717) is 0 Å². The monoisotopic (exact) mass is 1700 g/mol. The fourth-order valence-corrected chi connectivity index (χ4v) is 23.7. The minimum absolute atomic E-state index is 0.183. The van der Waals surface area contributed by atoms with Crippen LogP contribution in [0.3, 0.4) is 0 Å². The largest absolute Gasteiger partial charge is 0.309 e. The van der Waals surface area contributed by atoms with Gasteiger partial charge in [0.2, 0.25) is 0 Å². The van der Waals surface area contributed by atoms with E-state index in [-0.39, 0.29) is 5.92 Å². The summed E-state index contributed by atoms with van der Waals surface area (Å²) in [6.07, 6.45) is 0. The fraction of sp³-hybridized carbons (Fsp3) is 0.0229. The van der Waals surface area contributed by atoms with Crippen LogP contribution in [0.15, 0.2) is 510 Å². The van der Waals surface area contributed by atoms with Gasteiger partial charge in [0.15, 0.2) is 0 Å². The van der Waals surface area contributed by atoms with Crippen molar-refractivity contribution in [3.05, 3.63) is 571 Å². The van der Waals surface area contributed by atoms with Crippen molar-refractivity contribution in [2.75, 3.05) is 0 Å². The first-order valence-corrected chi connectivity index (χ1v) is 46.7. The summed E-state index contributed by atoms with van der Waals surface area (Å²) >= 11 is 0. The van der Waals surface area contributed by atoms with E-state index in [4.69, 9.17) is 0 Å². The standard InChI is InChI=1S/C66H43N.C65H42N2/c1-4-16-43(17-5-1)45-30-34-52(35-31-45)67-62-39-33-48(47-32-36-55-58(41-47)53-24-12-13-25-54(53)63(55)49-29-28-44-18-10-11-19-46(44)40-49)42-59(62)56-37-38-61-64(65(56)67)57-26-14-15-27-60(57)66(61,50-20-6-2-7-21-50)51-22-8-3-9-23-51;1-4-16-43(17-5-1)45-28-33-51(34-29-45)67-62-39-32-48(47-31-38-61-57(41-47)54-25-13-15-27-60(54)66(61)52-35-30-44-18-10-11-19-46(44)40-52)42-58(62)56-37-36-55-53-24-12-14-26-59(53)65(63(55)64(56)67,49-20-6-2-7-21-49)50-22-8-3-9-23-50/h1-42,63H;1-42H. The van der Waals surface area contributed by atoms with Gasteiger partial charge in [-0.15, -0.1) is 0 Å². The third kappa shape index (κ3) is 11.7. The summed E-state index contributed by atoms with van der Waals surface area (Å²) in [5.74, 6) is 0.183. The van der Waals surface area contributed by atoms with Gasteiger partial charge in [-0.1, -0.05) is 425 Å². The number of fused-ring (bicyclic) bond motifs is 22. The van der Waals surface area contributed by atoms with Gasteiger partial charge in [-0.3, -0.25) is 0 Å². The molecule has 0 saturated heterocycles. The Morgan fingerprint density at radius 2 is 0.567 bits per heavy atom. The first kappa shape index (κ1) is 76.8. The summed E-state index contributed by atoms with van der Waals surface area (Å²) in [4.78, 5) is 0. The third-order valence-electron chi connectivity index (χ3n) is 29.5. The molecule has 0 bridgehead atoms. The van der Waals surface area contributed by atoms with Crippen LogP contribution in [0.5, 0.6) is 0 Å². The van der Waals surface area contributed by atoms with E-state index in [9.17, 15) is 0 Å². The molecule has 3 heteroatoms. The van der Waals surface area contributed by atoms with Crippen LogP contribution in [0.25, 0.3) is 182 Å². The summed E-state index contributed by atoms with van der Waals surface area (Å²) < 4.78 is 7.51. The second-order valence-electron chi connectivity index (χ2n) is 36.3. The molecule has 134 heavy (non-hydrogen) atoms. The smallest absolute Gasteiger partial charge is 0.0734 e. The lowest BCUT2D eigenvalue weighted by Gasteiger charge is -2.34. The number of nitrogens with zero attached hydrogens (tertiary/aromatic N) is 3. The Hall–Kier alpha value is -17.2. The number of hydrogen-bond acceptors (Lipinski definition) is 0. The van der Waals surface area contributed by atoms with Gasteiger partial charge in [-0.25, -0.2) is 0 Å². The van der Waals surface area contributed by atoms with Gasteiger partial charge in [0, 0.05) is 66.4 Å². The van der Waals surface area contributed by atoms with Crippen LogP contribution in [-0.4, -0.2) is 13.7 Å². The Bertz CT molecular complexity index is 8940. The molecule has 0 spiro atoms. The van der Waals surface area contributed by atoms with E-state index in [1.807, 2.05) is 0 Å². The minimum Gasteiger partial charge on any atom is -0.309 e. The van der Waals surface area contributed by atoms with Crippen LogP contribution in [-0.2, 0) is 10.8 Å². The van der Waals surface area contributed by atoms with Crippen molar-refractivity contribution >= 4 is 87.0 Å². The van der Waals surface area contributed by atoms with Crippen LogP contribution < -0.4 is 0 Å². The minimum atomic E-state index is -0.572. The molecule has 1 unspecified atom stereocenters. The highest BCUT2D eigenvalue weighted by Gasteiger charge is 2.50. The maximum atomic E-state index is 2.55. The normalized spacial score (nSPS) is 13.6. The third-order valence-corrected chi connectivity index (χ3v) is 29.5. The maximum Gasteiger partial charge on any atom is 0.0734 e. The Labute approximate surface area is 777 Å². The van der Waals surface area contributed by atoms with Gasteiger partial charge in [0.25, 0.3) is 0 Å². The second kappa shape index (κ2) is 30.7. The van der Waals surface area contributed by atoms with E-state index in [1.165, 1.54) is 232 Å². The number of benzene rings is 22. The van der Waals surface area contributed by atoms with Crippen LogP contribution in [0.4, 0.5) is 0 Å². The predicted molar refractivity (Wildman–Crippen MR) is 560 cm³/mol. The van der Waals surface area contributed by atoms with Crippen LogP contribution in [0, 0.1) is 0 Å². The lowest BCUT2D eigenvalue weighted by Crippen LogP contribution is -2.29. The van der Waals surface area contributed by atoms with Crippen molar-refractivity contribution in [3.63, 3.8) is 0 Å². The average molecular weight is 1700 g/mol. The van der Waals surface area contributed by atoms with E-state index >= 15 is 0 Å². The van der Waals surface area contributed by atoms with Gasteiger partial charge >= 0.3 is 0 Å². The van der Waals surface area contributed by atoms with Gasteiger partial charge in [0.1, 0.15) is 0 Å². The lowest BCUT2D eigenvalue weighted by molar-refractivity contribution is 0.769. The van der Waals surface area contributed by atoms with Crippen molar-refractivity contribution in [1.29, 1.82) is 0 Å². The Morgan fingerprint density at radius 3 is 1.15 bits per heavy atom. The van der Waals surface area contributed by atoms with E-state index < -0.39 is 10.8 Å².